The minimum absolute atomic E-state index is 0.221. The molecule has 1 aromatic carbocycles. The number of nitrogens with zero attached hydrogens (tertiary/aromatic N) is 2. The van der Waals surface area contributed by atoms with Crippen molar-refractivity contribution in [3.8, 4) is 0 Å². The van der Waals surface area contributed by atoms with E-state index >= 15 is 0 Å². The average molecular weight is 383 g/mol. The fraction of sp³-hybridized carbons (Fsp3) is 0.632. The van der Waals surface area contributed by atoms with Crippen molar-refractivity contribution in [2.75, 3.05) is 43.4 Å². The highest BCUT2D eigenvalue weighted by atomic mass is 32.2. The summed E-state index contributed by atoms with van der Waals surface area (Å²) in [5.74, 6) is 2.61. The highest BCUT2D eigenvalue weighted by Crippen LogP contribution is 2.23. The van der Waals surface area contributed by atoms with Crippen LogP contribution in [0.25, 0.3) is 0 Å². The Hall–Kier alpha value is -0.720. The number of piperidine rings is 1. The number of benzene rings is 1. The lowest BCUT2D eigenvalue weighted by Gasteiger charge is -2.35. The van der Waals surface area contributed by atoms with Crippen LogP contribution >= 0.6 is 23.5 Å². The van der Waals surface area contributed by atoms with Crippen LogP contribution in [0.1, 0.15) is 25.7 Å². The van der Waals surface area contributed by atoms with Crippen molar-refractivity contribution >= 4 is 29.4 Å². The van der Waals surface area contributed by atoms with E-state index in [2.05, 4.69) is 9.80 Å². The summed E-state index contributed by atoms with van der Waals surface area (Å²) in [5, 5.41) is 0. The first-order chi connectivity index (χ1) is 12.2. The lowest BCUT2D eigenvalue weighted by atomic mass is 10.1. The Labute approximate surface area is 158 Å². The van der Waals surface area contributed by atoms with E-state index in [1.165, 1.54) is 56.2 Å². The van der Waals surface area contributed by atoms with Crippen LogP contribution < -0.4 is 0 Å². The molecule has 0 saturated carbocycles. The molecule has 3 rings (SSSR count). The number of carbonyl (C=O) groups excluding carboxylic acids is 1. The molecule has 0 N–H and O–H groups in total. The van der Waals surface area contributed by atoms with Crippen molar-refractivity contribution in [3.05, 3.63) is 30.1 Å². The SMILES string of the molecule is O=C(CSc1ccc(F)cc1)N1CCCSCC1CN1CCCCC1. The van der Waals surface area contributed by atoms with E-state index in [1.807, 2.05) is 11.8 Å². The highest BCUT2D eigenvalue weighted by Gasteiger charge is 2.27. The van der Waals surface area contributed by atoms with Crippen LogP contribution in [0.3, 0.4) is 0 Å². The van der Waals surface area contributed by atoms with Gasteiger partial charge in [-0.1, -0.05) is 6.42 Å². The van der Waals surface area contributed by atoms with E-state index in [4.69, 9.17) is 0 Å². The summed E-state index contributed by atoms with van der Waals surface area (Å²) in [4.78, 5) is 18.4. The first-order valence-corrected chi connectivity index (χ1v) is 11.3. The number of likely N-dealkylation sites (tertiary alicyclic amines) is 1. The number of thioether (sulfide) groups is 2. The Morgan fingerprint density at radius 3 is 2.64 bits per heavy atom. The van der Waals surface area contributed by atoms with Gasteiger partial charge in [0.2, 0.25) is 5.91 Å². The molecule has 2 aliphatic heterocycles. The Morgan fingerprint density at radius 2 is 1.88 bits per heavy atom. The van der Waals surface area contributed by atoms with Gasteiger partial charge in [0.15, 0.2) is 0 Å². The molecule has 2 fully saturated rings. The summed E-state index contributed by atoms with van der Waals surface area (Å²) in [7, 11) is 0. The zero-order valence-electron chi connectivity index (χ0n) is 14.7. The third-order valence-corrected chi connectivity index (χ3v) is 7.05. The molecule has 1 amide bonds. The molecule has 3 nitrogen and oxygen atoms in total. The molecular formula is C19H27FN2OS2. The van der Waals surface area contributed by atoms with Crippen LogP contribution in [0.2, 0.25) is 0 Å². The number of hydrogen-bond donors (Lipinski definition) is 0. The van der Waals surface area contributed by atoms with Gasteiger partial charge in [-0.25, -0.2) is 4.39 Å². The molecular weight excluding hydrogens is 355 g/mol. The van der Waals surface area contributed by atoms with E-state index in [0.717, 1.165) is 35.9 Å². The fourth-order valence-corrected chi connectivity index (χ4v) is 5.35. The van der Waals surface area contributed by atoms with Gasteiger partial charge in [0.1, 0.15) is 5.82 Å². The molecule has 1 atom stereocenters. The second-order valence-electron chi connectivity index (χ2n) is 6.77. The lowest BCUT2D eigenvalue weighted by Crippen LogP contribution is -2.49. The molecule has 1 aromatic rings. The minimum atomic E-state index is -0.234. The van der Waals surface area contributed by atoms with E-state index < -0.39 is 0 Å². The van der Waals surface area contributed by atoms with Gasteiger partial charge in [-0.05, 0) is 62.4 Å². The second kappa shape index (κ2) is 9.83. The van der Waals surface area contributed by atoms with Crippen molar-refractivity contribution in [2.45, 2.75) is 36.6 Å². The summed E-state index contributed by atoms with van der Waals surface area (Å²) in [5.41, 5.74) is 0. The quantitative estimate of drug-likeness (QED) is 0.724. The van der Waals surface area contributed by atoms with Gasteiger partial charge in [0.25, 0.3) is 0 Å². The van der Waals surface area contributed by atoms with Crippen LogP contribution in [-0.2, 0) is 4.79 Å². The molecule has 0 aromatic heterocycles. The Morgan fingerprint density at radius 1 is 1.12 bits per heavy atom. The topological polar surface area (TPSA) is 23.6 Å². The van der Waals surface area contributed by atoms with E-state index in [-0.39, 0.29) is 11.7 Å². The molecule has 2 aliphatic rings. The van der Waals surface area contributed by atoms with Gasteiger partial charge in [-0.15, -0.1) is 11.8 Å². The lowest BCUT2D eigenvalue weighted by molar-refractivity contribution is -0.130. The predicted molar refractivity (Wildman–Crippen MR) is 105 cm³/mol. The molecule has 6 heteroatoms. The maximum Gasteiger partial charge on any atom is 0.233 e. The van der Waals surface area contributed by atoms with Crippen LogP contribution in [0, 0.1) is 5.82 Å². The molecule has 0 aliphatic carbocycles. The summed E-state index contributed by atoms with van der Waals surface area (Å²) >= 11 is 3.49. The smallest absolute Gasteiger partial charge is 0.233 e. The van der Waals surface area contributed by atoms with E-state index in [1.54, 1.807) is 12.1 Å². The normalized spacial score (nSPS) is 22.6. The van der Waals surface area contributed by atoms with Crippen LogP contribution in [0.15, 0.2) is 29.2 Å². The van der Waals surface area contributed by atoms with Crippen molar-refractivity contribution in [2.24, 2.45) is 0 Å². The Bertz CT molecular complexity index is 549. The summed E-state index contributed by atoms with van der Waals surface area (Å²) < 4.78 is 13.0. The van der Waals surface area contributed by atoms with Crippen molar-refractivity contribution in [1.82, 2.24) is 9.80 Å². The summed E-state index contributed by atoms with van der Waals surface area (Å²) in [6, 6.07) is 6.73. The maximum absolute atomic E-state index is 13.0. The van der Waals surface area contributed by atoms with E-state index in [0.29, 0.717) is 11.8 Å². The first kappa shape index (κ1) is 19.1. The van der Waals surface area contributed by atoms with Crippen molar-refractivity contribution in [3.63, 3.8) is 0 Å². The number of hydrogen-bond acceptors (Lipinski definition) is 4. The summed E-state index contributed by atoms with van der Waals surface area (Å²) in [6.07, 6.45) is 4.99. The number of amides is 1. The standard InChI is InChI=1S/C19H27FN2OS2/c20-16-5-7-18(8-6-16)25-15-19(23)22-11-4-12-24-14-17(22)13-21-9-2-1-3-10-21/h5-8,17H,1-4,9-15H2. The molecule has 2 heterocycles. The molecule has 25 heavy (non-hydrogen) atoms. The van der Waals surface area contributed by atoms with E-state index in [9.17, 15) is 9.18 Å². The minimum Gasteiger partial charge on any atom is -0.337 e. The predicted octanol–water partition coefficient (Wildman–Crippen LogP) is 3.74. The third-order valence-electron chi connectivity index (χ3n) is 4.85. The second-order valence-corrected chi connectivity index (χ2v) is 8.97. The largest absolute Gasteiger partial charge is 0.337 e. The first-order valence-electron chi connectivity index (χ1n) is 9.20. The van der Waals surface area contributed by atoms with Gasteiger partial charge in [-0.2, -0.15) is 11.8 Å². The van der Waals surface area contributed by atoms with Crippen LogP contribution in [0.4, 0.5) is 4.39 Å². The van der Waals surface area contributed by atoms with Gasteiger partial charge in [0, 0.05) is 23.7 Å². The molecule has 0 radical (unpaired) electrons. The van der Waals surface area contributed by atoms with Gasteiger partial charge in [-0.3, -0.25) is 4.79 Å². The average Bonchev–Trinajstić information content (AvgIpc) is 2.87. The van der Waals surface area contributed by atoms with Crippen LogP contribution in [0.5, 0.6) is 0 Å². The van der Waals surface area contributed by atoms with Gasteiger partial charge >= 0.3 is 0 Å². The Kier molecular flexibility index (Phi) is 7.49. The molecule has 1 unspecified atom stereocenters. The number of halogens is 1. The fourth-order valence-electron chi connectivity index (χ4n) is 3.51. The van der Waals surface area contributed by atoms with Gasteiger partial charge in [0.05, 0.1) is 11.8 Å². The monoisotopic (exact) mass is 382 g/mol. The zero-order chi connectivity index (χ0) is 17.5. The van der Waals surface area contributed by atoms with Gasteiger partial charge < -0.3 is 9.80 Å². The number of carbonyl (C=O) groups is 1. The molecule has 0 bridgehead atoms. The molecule has 138 valence electrons. The molecule has 2 saturated heterocycles. The summed E-state index contributed by atoms with van der Waals surface area (Å²) in [6.45, 7) is 4.23. The maximum atomic E-state index is 13.0. The zero-order valence-corrected chi connectivity index (χ0v) is 16.3. The number of rotatable bonds is 5. The highest BCUT2D eigenvalue weighted by molar-refractivity contribution is 8.00. The van der Waals surface area contributed by atoms with Crippen molar-refractivity contribution < 1.29 is 9.18 Å². The van der Waals surface area contributed by atoms with Crippen molar-refractivity contribution in [1.29, 1.82) is 0 Å². The third kappa shape index (κ3) is 5.90. The Balaban J connectivity index is 1.57. The van der Waals surface area contributed by atoms with Crippen LogP contribution in [-0.4, -0.2) is 65.2 Å². The molecule has 0 spiro atoms.